The number of likely N-dealkylation sites (N-methyl/N-ethyl adjacent to an activating group) is 1. The zero-order chi connectivity index (χ0) is 12.1. The quantitative estimate of drug-likeness (QED) is 0.606. The maximum Gasteiger partial charge on any atom is 0.240 e. The second-order valence-electron chi connectivity index (χ2n) is 4.66. The van der Waals surface area contributed by atoms with Crippen molar-refractivity contribution < 1.29 is 9.90 Å². The molecule has 0 spiro atoms. The van der Waals surface area contributed by atoms with E-state index in [1.165, 1.54) is 0 Å². The summed E-state index contributed by atoms with van der Waals surface area (Å²) in [5.41, 5.74) is -0.586. The minimum Gasteiger partial charge on any atom is -0.394 e. The van der Waals surface area contributed by atoms with Crippen molar-refractivity contribution in [2.24, 2.45) is 5.92 Å². The van der Waals surface area contributed by atoms with Crippen molar-refractivity contribution >= 4 is 5.91 Å². The Bertz CT molecular complexity index is 203. The summed E-state index contributed by atoms with van der Waals surface area (Å²) in [7, 11) is 0. The highest BCUT2D eigenvalue weighted by Crippen LogP contribution is 2.06. The average molecular weight is 216 g/mol. The minimum absolute atomic E-state index is 0.0222. The van der Waals surface area contributed by atoms with Crippen LogP contribution in [-0.4, -0.2) is 35.7 Å². The lowest BCUT2D eigenvalue weighted by Gasteiger charge is -2.28. The van der Waals surface area contributed by atoms with Gasteiger partial charge in [0.1, 0.15) is 0 Å². The van der Waals surface area contributed by atoms with E-state index >= 15 is 0 Å². The highest BCUT2D eigenvalue weighted by molar-refractivity contribution is 5.85. The van der Waals surface area contributed by atoms with Gasteiger partial charge < -0.3 is 15.7 Å². The lowest BCUT2D eigenvalue weighted by Crippen LogP contribution is -2.56. The molecule has 0 bridgehead atoms. The Hall–Kier alpha value is -0.610. The van der Waals surface area contributed by atoms with Gasteiger partial charge in [-0.2, -0.15) is 0 Å². The Morgan fingerprint density at radius 1 is 1.40 bits per heavy atom. The Kier molecular flexibility index (Phi) is 5.83. The second kappa shape index (κ2) is 6.08. The molecule has 0 aromatic rings. The first-order valence-electron chi connectivity index (χ1n) is 5.52. The summed E-state index contributed by atoms with van der Waals surface area (Å²) in [6.45, 7) is 10.3. The van der Waals surface area contributed by atoms with Gasteiger partial charge in [0.25, 0.3) is 0 Å². The van der Waals surface area contributed by atoms with Crippen LogP contribution in [0.4, 0.5) is 0 Å². The van der Waals surface area contributed by atoms with Gasteiger partial charge in [-0.3, -0.25) is 4.79 Å². The topological polar surface area (TPSA) is 61.4 Å². The molecule has 0 heterocycles. The van der Waals surface area contributed by atoms with Crippen molar-refractivity contribution in [3.8, 4) is 0 Å². The fraction of sp³-hybridized carbons (Fsp3) is 0.909. The van der Waals surface area contributed by atoms with E-state index in [4.69, 9.17) is 5.11 Å². The standard InChI is InChI=1S/C11H24N2O2/c1-6-12-11(4,5)10(15)13-9(7-14)8(2)3/h8-9,12,14H,6-7H2,1-5H3,(H,13,15). The first-order valence-corrected chi connectivity index (χ1v) is 5.52. The van der Waals surface area contributed by atoms with Gasteiger partial charge in [0.2, 0.25) is 5.91 Å². The van der Waals surface area contributed by atoms with E-state index in [-0.39, 0.29) is 24.5 Å². The molecule has 0 aromatic heterocycles. The molecule has 0 radical (unpaired) electrons. The summed E-state index contributed by atoms with van der Waals surface area (Å²) in [4.78, 5) is 11.8. The molecule has 15 heavy (non-hydrogen) atoms. The first kappa shape index (κ1) is 14.4. The van der Waals surface area contributed by atoms with Gasteiger partial charge >= 0.3 is 0 Å². The third-order valence-electron chi connectivity index (χ3n) is 2.50. The summed E-state index contributed by atoms with van der Waals surface area (Å²) in [6, 6.07) is -0.171. The largest absolute Gasteiger partial charge is 0.394 e. The summed E-state index contributed by atoms with van der Waals surface area (Å²) < 4.78 is 0. The third kappa shape index (κ3) is 4.62. The van der Waals surface area contributed by atoms with Crippen LogP contribution in [0.25, 0.3) is 0 Å². The van der Waals surface area contributed by atoms with Crippen LogP contribution < -0.4 is 10.6 Å². The maximum atomic E-state index is 11.8. The summed E-state index contributed by atoms with van der Waals surface area (Å²) in [5, 5.41) is 15.0. The number of hydrogen-bond acceptors (Lipinski definition) is 3. The predicted octanol–water partition coefficient (Wildman–Crippen LogP) is 0.508. The Morgan fingerprint density at radius 3 is 2.27 bits per heavy atom. The zero-order valence-electron chi connectivity index (χ0n) is 10.4. The monoisotopic (exact) mass is 216 g/mol. The van der Waals surface area contributed by atoms with E-state index in [0.29, 0.717) is 0 Å². The molecule has 4 heteroatoms. The molecule has 0 aliphatic heterocycles. The zero-order valence-corrected chi connectivity index (χ0v) is 10.4. The first-order chi connectivity index (χ1) is 6.85. The third-order valence-corrected chi connectivity index (χ3v) is 2.50. The van der Waals surface area contributed by atoms with Crippen LogP contribution in [0.1, 0.15) is 34.6 Å². The molecule has 0 saturated carbocycles. The van der Waals surface area contributed by atoms with Crippen LogP contribution in [0.5, 0.6) is 0 Å². The number of carbonyl (C=O) groups excluding carboxylic acids is 1. The van der Waals surface area contributed by atoms with Gasteiger partial charge in [-0.25, -0.2) is 0 Å². The molecule has 4 nitrogen and oxygen atoms in total. The SMILES string of the molecule is CCNC(C)(C)C(=O)NC(CO)C(C)C. The van der Waals surface area contributed by atoms with Crippen LogP contribution in [0.15, 0.2) is 0 Å². The maximum absolute atomic E-state index is 11.8. The molecule has 1 atom stereocenters. The van der Waals surface area contributed by atoms with Crippen molar-refractivity contribution in [3.05, 3.63) is 0 Å². The van der Waals surface area contributed by atoms with Gasteiger partial charge in [-0.15, -0.1) is 0 Å². The van der Waals surface area contributed by atoms with E-state index < -0.39 is 5.54 Å². The van der Waals surface area contributed by atoms with Crippen molar-refractivity contribution in [2.45, 2.75) is 46.2 Å². The smallest absolute Gasteiger partial charge is 0.240 e. The lowest BCUT2D eigenvalue weighted by atomic mass is 10.0. The molecule has 90 valence electrons. The number of amides is 1. The molecule has 1 unspecified atom stereocenters. The molecule has 0 fully saturated rings. The van der Waals surface area contributed by atoms with Crippen molar-refractivity contribution in [3.63, 3.8) is 0 Å². The van der Waals surface area contributed by atoms with Gasteiger partial charge in [-0.1, -0.05) is 20.8 Å². The van der Waals surface area contributed by atoms with E-state index in [2.05, 4.69) is 10.6 Å². The van der Waals surface area contributed by atoms with Crippen LogP contribution in [-0.2, 0) is 4.79 Å². The van der Waals surface area contributed by atoms with E-state index in [1.54, 1.807) is 0 Å². The van der Waals surface area contributed by atoms with Crippen LogP contribution in [0, 0.1) is 5.92 Å². The number of hydrogen-bond donors (Lipinski definition) is 3. The lowest BCUT2D eigenvalue weighted by molar-refractivity contribution is -0.127. The number of aliphatic hydroxyl groups is 1. The van der Waals surface area contributed by atoms with E-state index in [0.717, 1.165) is 6.54 Å². The number of nitrogens with one attached hydrogen (secondary N) is 2. The Morgan fingerprint density at radius 2 is 1.93 bits per heavy atom. The van der Waals surface area contributed by atoms with Gasteiger partial charge in [0.05, 0.1) is 18.2 Å². The number of aliphatic hydroxyl groups excluding tert-OH is 1. The molecule has 3 N–H and O–H groups in total. The van der Waals surface area contributed by atoms with Gasteiger partial charge in [0, 0.05) is 0 Å². The molecule has 0 aliphatic rings. The van der Waals surface area contributed by atoms with Crippen molar-refractivity contribution in [1.82, 2.24) is 10.6 Å². The Balaban J connectivity index is 4.33. The van der Waals surface area contributed by atoms with Crippen molar-refractivity contribution in [2.75, 3.05) is 13.2 Å². The van der Waals surface area contributed by atoms with Crippen LogP contribution in [0.3, 0.4) is 0 Å². The van der Waals surface area contributed by atoms with Crippen molar-refractivity contribution in [1.29, 1.82) is 0 Å². The average Bonchev–Trinajstić information content (AvgIpc) is 2.12. The predicted molar refractivity (Wildman–Crippen MR) is 61.6 cm³/mol. The molecule has 0 aliphatic carbocycles. The summed E-state index contributed by atoms with van der Waals surface area (Å²) in [6.07, 6.45) is 0. The normalized spacial score (nSPS) is 14.1. The van der Waals surface area contributed by atoms with Crippen LogP contribution in [0.2, 0.25) is 0 Å². The summed E-state index contributed by atoms with van der Waals surface area (Å²) in [5.74, 6) is 0.161. The molecule has 0 aromatic carbocycles. The summed E-state index contributed by atoms with van der Waals surface area (Å²) >= 11 is 0. The highest BCUT2D eigenvalue weighted by Gasteiger charge is 2.28. The fourth-order valence-corrected chi connectivity index (χ4v) is 1.29. The number of carbonyl (C=O) groups is 1. The molecule has 0 rings (SSSR count). The molecular weight excluding hydrogens is 192 g/mol. The molecule has 0 saturated heterocycles. The Labute approximate surface area is 92.4 Å². The van der Waals surface area contributed by atoms with Crippen LogP contribution >= 0.6 is 0 Å². The highest BCUT2D eigenvalue weighted by atomic mass is 16.3. The minimum atomic E-state index is -0.586. The van der Waals surface area contributed by atoms with Gasteiger partial charge in [0.15, 0.2) is 0 Å². The van der Waals surface area contributed by atoms with Gasteiger partial charge in [-0.05, 0) is 26.3 Å². The van der Waals surface area contributed by atoms with E-state index in [9.17, 15) is 4.79 Å². The molecule has 1 amide bonds. The fourth-order valence-electron chi connectivity index (χ4n) is 1.29. The molecular formula is C11H24N2O2. The number of rotatable bonds is 6. The van der Waals surface area contributed by atoms with E-state index in [1.807, 2.05) is 34.6 Å². The second-order valence-corrected chi connectivity index (χ2v) is 4.66.